The number of hydrogen-bond donors (Lipinski definition) is 0. The van der Waals surface area contributed by atoms with Crippen molar-refractivity contribution < 1.29 is 36.3 Å². The van der Waals surface area contributed by atoms with Crippen molar-refractivity contribution in [1.82, 2.24) is 0 Å². The molecule has 3 aromatic rings. The van der Waals surface area contributed by atoms with Crippen LogP contribution < -0.4 is 18.1 Å². The monoisotopic (exact) mass is 470 g/mol. The van der Waals surface area contributed by atoms with Gasteiger partial charge in [0, 0.05) is 23.3 Å². The zero-order valence-corrected chi connectivity index (χ0v) is 18.3. The molecule has 0 amide bonds. The molecule has 0 atom stereocenters. The van der Waals surface area contributed by atoms with E-state index in [2.05, 4.69) is 13.2 Å². The highest BCUT2D eigenvalue weighted by molar-refractivity contribution is 7.50. The molecule has 0 aromatic heterocycles. The van der Waals surface area contributed by atoms with Crippen LogP contribution in [0.2, 0.25) is 0 Å². The molecule has 0 radical (unpaired) electrons. The number of phosphoric acid groups is 2. The van der Waals surface area contributed by atoms with E-state index in [0.717, 1.165) is 0 Å². The van der Waals surface area contributed by atoms with Crippen LogP contribution in [0.25, 0.3) is 11.5 Å². The van der Waals surface area contributed by atoms with Crippen LogP contribution >= 0.6 is 15.6 Å². The predicted octanol–water partition coefficient (Wildman–Crippen LogP) is 6.82. The first-order chi connectivity index (χ1) is 15.3. The van der Waals surface area contributed by atoms with Crippen LogP contribution in [0.4, 0.5) is 0 Å². The van der Waals surface area contributed by atoms with E-state index in [4.69, 9.17) is 27.1 Å². The second-order valence-corrected chi connectivity index (χ2v) is 9.65. The number of fused-ring (bicyclic) bond motifs is 2. The Labute approximate surface area is 183 Å². The van der Waals surface area contributed by atoms with Crippen LogP contribution in [-0.4, -0.2) is 0 Å². The summed E-state index contributed by atoms with van der Waals surface area (Å²) in [6.45, 7) is 7.53. The van der Waals surface area contributed by atoms with Crippen molar-refractivity contribution in [2.24, 2.45) is 0 Å². The van der Waals surface area contributed by atoms with Crippen molar-refractivity contribution in [2.45, 2.75) is 0 Å². The number of rotatable bonds is 6. The third kappa shape index (κ3) is 3.86. The molecule has 0 saturated heterocycles. The van der Waals surface area contributed by atoms with Crippen molar-refractivity contribution in [3.8, 4) is 23.0 Å². The first-order valence-corrected chi connectivity index (χ1v) is 12.3. The maximum atomic E-state index is 12.9. The Morgan fingerprint density at radius 1 is 0.594 bits per heavy atom. The molecule has 3 aromatic carbocycles. The Kier molecular flexibility index (Phi) is 4.77. The van der Waals surface area contributed by atoms with E-state index in [9.17, 15) is 9.13 Å². The van der Waals surface area contributed by atoms with Gasteiger partial charge in [0.2, 0.25) is 0 Å². The first kappa shape index (κ1) is 20.3. The molecular weight excluding hydrogens is 454 g/mol. The third-order valence-electron chi connectivity index (χ3n) is 4.49. The van der Waals surface area contributed by atoms with Gasteiger partial charge in [-0.1, -0.05) is 73.8 Å². The normalized spacial score (nSPS) is 16.2. The average molecular weight is 470 g/mol. The number of hydrogen-bond acceptors (Lipinski definition) is 8. The highest BCUT2D eigenvalue weighted by Gasteiger charge is 2.47. The van der Waals surface area contributed by atoms with Gasteiger partial charge in [-0.05, 0) is 0 Å². The van der Waals surface area contributed by atoms with Gasteiger partial charge in [0.25, 0.3) is 0 Å². The van der Waals surface area contributed by atoms with E-state index in [1.165, 1.54) is 12.1 Å². The summed E-state index contributed by atoms with van der Waals surface area (Å²) in [6, 6.07) is 20.5. The van der Waals surface area contributed by atoms with Crippen molar-refractivity contribution in [3.63, 3.8) is 0 Å². The zero-order chi connectivity index (χ0) is 22.3. The van der Waals surface area contributed by atoms with Gasteiger partial charge in [0.15, 0.2) is 23.0 Å². The van der Waals surface area contributed by atoms with E-state index < -0.39 is 15.6 Å². The minimum absolute atomic E-state index is 0.0758. The lowest BCUT2D eigenvalue weighted by Crippen LogP contribution is -1.98. The fraction of sp³-hybridized carbons (Fsp3) is 0. The molecule has 32 heavy (non-hydrogen) atoms. The molecule has 0 saturated carbocycles. The quantitative estimate of drug-likeness (QED) is 0.286. The van der Waals surface area contributed by atoms with Crippen LogP contribution in [0.3, 0.4) is 0 Å². The fourth-order valence-corrected chi connectivity index (χ4v) is 5.53. The molecule has 2 aliphatic heterocycles. The van der Waals surface area contributed by atoms with Gasteiger partial charge in [-0.2, -0.15) is 9.13 Å². The molecule has 2 aliphatic rings. The summed E-state index contributed by atoms with van der Waals surface area (Å²) >= 11 is 0. The van der Waals surface area contributed by atoms with Crippen molar-refractivity contribution in [2.75, 3.05) is 0 Å². The molecule has 0 aliphatic carbocycles. The zero-order valence-electron chi connectivity index (χ0n) is 16.5. The van der Waals surface area contributed by atoms with Crippen LogP contribution in [-0.2, 0) is 18.2 Å². The summed E-state index contributed by atoms with van der Waals surface area (Å²) in [7, 11) is -8.04. The van der Waals surface area contributed by atoms with Crippen molar-refractivity contribution >= 4 is 27.2 Å². The van der Waals surface area contributed by atoms with Gasteiger partial charge in [-0.3, -0.25) is 0 Å². The molecule has 5 rings (SSSR count). The highest BCUT2D eigenvalue weighted by atomic mass is 31.2. The second kappa shape index (κ2) is 7.52. The van der Waals surface area contributed by atoms with E-state index in [-0.39, 0.29) is 34.5 Å². The molecule has 0 fully saturated rings. The molecule has 0 unspecified atom stereocenters. The largest absolute Gasteiger partial charge is 0.647 e. The maximum Gasteiger partial charge on any atom is 0.647 e. The van der Waals surface area contributed by atoms with Gasteiger partial charge in [0.1, 0.15) is 11.5 Å². The van der Waals surface area contributed by atoms with Crippen molar-refractivity contribution in [3.05, 3.63) is 97.1 Å². The molecule has 2 heterocycles. The molecule has 0 N–H and O–H groups in total. The Balaban J connectivity index is 1.30. The summed E-state index contributed by atoms with van der Waals surface area (Å²) in [5.74, 6) is 0.552. The SMILES string of the molecule is C=C(OP1(=O)Oc2cc3c(cc2O1)OP(=O)(OC(=C)c1ccccc1)O3)c1ccccc1. The minimum atomic E-state index is -4.02. The van der Waals surface area contributed by atoms with Crippen LogP contribution in [0.15, 0.2) is 86.0 Å². The Morgan fingerprint density at radius 3 is 1.22 bits per heavy atom. The maximum absolute atomic E-state index is 12.9. The van der Waals surface area contributed by atoms with Crippen LogP contribution in [0.1, 0.15) is 11.1 Å². The molecule has 0 bridgehead atoms. The Bertz CT molecular complexity index is 1180. The van der Waals surface area contributed by atoms with Crippen LogP contribution in [0, 0.1) is 0 Å². The minimum Gasteiger partial charge on any atom is -0.386 e. The molecule has 10 heteroatoms. The number of phosphoric ester groups is 2. The van der Waals surface area contributed by atoms with E-state index in [0.29, 0.717) is 11.1 Å². The number of benzene rings is 3. The molecule has 0 spiro atoms. The van der Waals surface area contributed by atoms with Crippen LogP contribution in [0.5, 0.6) is 23.0 Å². The second-order valence-electron chi connectivity index (χ2n) is 6.77. The predicted molar refractivity (Wildman–Crippen MR) is 117 cm³/mol. The Hall–Kier alpha value is -3.60. The van der Waals surface area contributed by atoms with Gasteiger partial charge in [0.05, 0.1) is 0 Å². The first-order valence-electron chi connectivity index (χ1n) is 9.37. The molecule has 162 valence electrons. The lowest BCUT2D eigenvalue weighted by atomic mass is 10.2. The van der Waals surface area contributed by atoms with E-state index in [1.807, 2.05) is 12.1 Å². The van der Waals surface area contributed by atoms with E-state index in [1.54, 1.807) is 48.5 Å². The Morgan fingerprint density at radius 2 is 0.906 bits per heavy atom. The topological polar surface area (TPSA) is 89.5 Å². The molecular formula is C22H16O8P2. The summed E-state index contributed by atoms with van der Waals surface area (Å²) in [5, 5.41) is 0. The molecule has 8 nitrogen and oxygen atoms in total. The third-order valence-corrected chi connectivity index (χ3v) is 7.06. The summed E-state index contributed by atoms with van der Waals surface area (Å²) in [6.07, 6.45) is 0. The standard InChI is InChI=1S/C22H16O8P2/c1-15(17-9-5-3-6-10-17)25-31(23)27-19-13-21-22(14-20(19)28-31)30-32(24,29-21)26-16(2)18-11-7-4-8-12-18/h3-14H,1-2H2. The summed E-state index contributed by atoms with van der Waals surface area (Å²) in [5.41, 5.74) is 1.24. The summed E-state index contributed by atoms with van der Waals surface area (Å²) < 4.78 is 58.2. The lowest BCUT2D eigenvalue weighted by Gasteiger charge is -2.13. The van der Waals surface area contributed by atoms with Gasteiger partial charge >= 0.3 is 15.6 Å². The van der Waals surface area contributed by atoms with Gasteiger partial charge in [-0.25, -0.2) is 0 Å². The lowest BCUT2D eigenvalue weighted by molar-refractivity contribution is 0.313. The average Bonchev–Trinajstić information content (AvgIpc) is 3.26. The fourth-order valence-electron chi connectivity index (χ4n) is 3.03. The van der Waals surface area contributed by atoms with E-state index >= 15 is 0 Å². The van der Waals surface area contributed by atoms with Gasteiger partial charge < -0.3 is 27.1 Å². The summed E-state index contributed by atoms with van der Waals surface area (Å²) in [4.78, 5) is 0. The smallest absolute Gasteiger partial charge is 0.386 e. The highest BCUT2D eigenvalue weighted by Crippen LogP contribution is 2.67. The van der Waals surface area contributed by atoms with Crippen molar-refractivity contribution in [1.29, 1.82) is 0 Å². The van der Waals surface area contributed by atoms with Gasteiger partial charge in [-0.15, -0.1) is 0 Å².